The Bertz CT molecular complexity index is 1060. The molecule has 5 nitrogen and oxygen atoms in total. The molecule has 1 amide bonds. The van der Waals surface area contributed by atoms with Gasteiger partial charge in [-0.15, -0.1) is 10.2 Å². The summed E-state index contributed by atoms with van der Waals surface area (Å²) in [6, 6.07) is 12.0. The number of rotatable bonds is 3. The smallest absolute Gasteiger partial charge is 0.293 e. The summed E-state index contributed by atoms with van der Waals surface area (Å²) in [7, 11) is 0. The van der Waals surface area contributed by atoms with Crippen molar-refractivity contribution in [2.24, 2.45) is 0 Å². The van der Waals surface area contributed by atoms with Gasteiger partial charge < -0.3 is 4.42 Å². The number of nitrogens with zero attached hydrogens (tertiary/aromatic N) is 2. The quantitative estimate of drug-likeness (QED) is 0.595. The van der Waals surface area contributed by atoms with Crippen LogP contribution in [0.15, 0.2) is 40.8 Å². The van der Waals surface area contributed by atoms with Crippen LogP contribution >= 0.6 is 11.3 Å². The monoisotopic (exact) mass is 337 g/mol. The van der Waals surface area contributed by atoms with Crippen molar-refractivity contribution in [1.82, 2.24) is 10.2 Å². The number of nitrogens with one attached hydrogen (secondary N) is 1. The van der Waals surface area contributed by atoms with Gasteiger partial charge in [0.15, 0.2) is 5.76 Å². The van der Waals surface area contributed by atoms with Crippen molar-refractivity contribution in [3.8, 4) is 0 Å². The fourth-order valence-electron chi connectivity index (χ4n) is 2.77. The van der Waals surface area contributed by atoms with Crippen molar-refractivity contribution < 1.29 is 9.21 Å². The van der Waals surface area contributed by atoms with E-state index in [1.165, 1.54) is 11.3 Å². The van der Waals surface area contributed by atoms with Crippen LogP contribution in [-0.4, -0.2) is 16.1 Å². The SMILES string of the molecule is CCc1nnc(NC(=O)c2oc3c(ccc4ccccc43)c2C)s1. The first-order chi connectivity index (χ1) is 11.7. The third-order valence-electron chi connectivity index (χ3n) is 4.02. The van der Waals surface area contributed by atoms with Gasteiger partial charge in [-0.3, -0.25) is 10.1 Å². The van der Waals surface area contributed by atoms with E-state index >= 15 is 0 Å². The van der Waals surface area contributed by atoms with Gasteiger partial charge in [0.2, 0.25) is 5.13 Å². The van der Waals surface area contributed by atoms with Crippen LogP contribution in [0, 0.1) is 6.92 Å². The minimum Gasteiger partial charge on any atom is -0.450 e. The molecule has 0 unspecified atom stereocenters. The molecule has 2 aromatic heterocycles. The average Bonchev–Trinajstić information content (AvgIpc) is 3.19. The lowest BCUT2D eigenvalue weighted by Gasteiger charge is -1.98. The third kappa shape index (κ3) is 2.35. The van der Waals surface area contributed by atoms with Crippen LogP contribution in [0.25, 0.3) is 21.7 Å². The largest absolute Gasteiger partial charge is 0.450 e. The van der Waals surface area contributed by atoms with Gasteiger partial charge in [-0.1, -0.05) is 54.7 Å². The van der Waals surface area contributed by atoms with E-state index in [4.69, 9.17) is 4.42 Å². The molecular weight excluding hydrogens is 322 g/mol. The number of aryl methyl sites for hydroxylation is 2. The molecule has 0 atom stereocenters. The molecule has 0 radical (unpaired) electrons. The summed E-state index contributed by atoms with van der Waals surface area (Å²) in [5.41, 5.74) is 1.57. The molecule has 24 heavy (non-hydrogen) atoms. The molecule has 0 bridgehead atoms. The molecule has 2 heterocycles. The predicted octanol–water partition coefficient (Wildman–Crippen LogP) is 4.56. The van der Waals surface area contributed by atoms with Crippen LogP contribution in [0.3, 0.4) is 0 Å². The minimum absolute atomic E-state index is 0.299. The van der Waals surface area contributed by atoms with Crippen LogP contribution in [-0.2, 0) is 6.42 Å². The third-order valence-corrected chi connectivity index (χ3v) is 5.01. The average molecular weight is 337 g/mol. The van der Waals surface area contributed by atoms with Crippen molar-refractivity contribution in [3.63, 3.8) is 0 Å². The van der Waals surface area contributed by atoms with E-state index < -0.39 is 0 Å². The zero-order chi connectivity index (χ0) is 16.7. The molecule has 0 aliphatic heterocycles. The van der Waals surface area contributed by atoms with Gasteiger partial charge in [-0.25, -0.2) is 0 Å². The second-order valence-electron chi connectivity index (χ2n) is 5.53. The highest BCUT2D eigenvalue weighted by Gasteiger charge is 2.20. The molecule has 120 valence electrons. The first-order valence-corrected chi connectivity index (χ1v) is 8.53. The van der Waals surface area contributed by atoms with E-state index in [0.717, 1.165) is 38.7 Å². The van der Waals surface area contributed by atoms with E-state index in [1.54, 1.807) is 0 Å². The maximum Gasteiger partial charge on any atom is 0.293 e. The minimum atomic E-state index is -0.299. The number of amides is 1. The van der Waals surface area contributed by atoms with Crippen LogP contribution in [0.2, 0.25) is 0 Å². The molecule has 0 fully saturated rings. The van der Waals surface area contributed by atoms with Crippen LogP contribution in [0.5, 0.6) is 0 Å². The molecule has 1 N–H and O–H groups in total. The number of anilines is 1. The molecule has 2 aromatic carbocycles. The number of carbonyl (C=O) groups is 1. The van der Waals surface area contributed by atoms with Crippen LogP contribution < -0.4 is 5.32 Å². The normalized spacial score (nSPS) is 11.2. The van der Waals surface area contributed by atoms with Crippen molar-refractivity contribution in [3.05, 3.63) is 52.7 Å². The highest BCUT2D eigenvalue weighted by atomic mass is 32.1. The summed E-state index contributed by atoms with van der Waals surface area (Å²) in [5.74, 6) is 0.0150. The topological polar surface area (TPSA) is 68.0 Å². The molecule has 6 heteroatoms. The lowest BCUT2D eigenvalue weighted by atomic mass is 10.1. The number of aromatic nitrogens is 2. The van der Waals surface area contributed by atoms with Gasteiger partial charge in [-0.2, -0.15) is 0 Å². The summed E-state index contributed by atoms with van der Waals surface area (Å²) < 4.78 is 5.92. The van der Waals surface area contributed by atoms with E-state index in [2.05, 4.69) is 15.5 Å². The van der Waals surface area contributed by atoms with E-state index in [-0.39, 0.29) is 5.91 Å². The summed E-state index contributed by atoms with van der Waals surface area (Å²) in [6.45, 7) is 3.90. The zero-order valence-corrected chi connectivity index (χ0v) is 14.1. The Hall–Kier alpha value is -2.73. The van der Waals surface area contributed by atoms with Crippen molar-refractivity contribution in [1.29, 1.82) is 0 Å². The Morgan fingerprint density at radius 3 is 2.79 bits per heavy atom. The lowest BCUT2D eigenvalue weighted by molar-refractivity contribution is 0.0998. The second-order valence-corrected chi connectivity index (χ2v) is 6.59. The summed E-state index contributed by atoms with van der Waals surface area (Å²) in [4.78, 5) is 12.6. The molecule has 0 spiro atoms. The molecule has 4 aromatic rings. The van der Waals surface area contributed by atoms with Crippen LogP contribution in [0.4, 0.5) is 5.13 Å². The second kappa shape index (κ2) is 5.72. The lowest BCUT2D eigenvalue weighted by Crippen LogP contribution is -2.11. The zero-order valence-electron chi connectivity index (χ0n) is 13.3. The molecule has 0 saturated heterocycles. The molecule has 4 rings (SSSR count). The predicted molar refractivity (Wildman–Crippen MR) is 95.7 cm³/mol. The Morgan fingerprint density at radius 1 is 1.17 bits per heavy atom. The first kappa shape index (κ1) is 14.8. The van der Waals surface area contributed by atoms with Gasteiger partial charge in [0.05, 0.1) is 0 Å². The standard InChI is InChI=1S/C18H15N3O2S/c1-3-14-20-21-18(24-14)19-17(22)15-10(2)12-9-8-11-6-4-5-7-13(11)16(12)23-15/h4-9H,3H2,1-2H3,(H,19,21,22). The van der Waals surface area contributed by atoms with Gasteiger partial charge >= 0.3 is 0 Å². The Balaban J connectivity index is 1.77. The first-order valence-electron chi connectivity index (χ1n) is 7.72. The molecular formula is C18H15N3O2S. The number of hydrogen-bond donors (Lipinski definition) is 1. The van der Waals surface area contributed by atoms with Gasteiger partial charge in [0, 0.05) is 16.3 Å². The van der Waals surface area contributed by atoms with Crippen molar-refractivity contribution >= 4 is 44.1 Å². The highest BCUT2D eigenvalue weighted by Crippen LogP contribution is 2.32. The number of carbonyl (C=O) groups excluding carboxylic acids is 1. The Morgan fingerprint density at radius 2 is 2.00 bits per heavy atom. The number of fused-ring (bicyclic) bond motifs is 3. The number of hydrogen-bond acceptors (Lipinski definition) is 5. The van der Waals surface area contributed by atoms with Crippen molar-refractivity contribution in [2.45, 2.75) is 20.3 Å². The Labute approximate surface area is 142 Å². The maximum atomic E-state index is 12.6. The molecule has 0 aliphatic rings. The molecule has 0 saturated carbocycles. The summed E-state index contributed by atoms with van der Waals surface area (Å²) >= 11 is 1.38. The number of furan rings is 1. The van der Waals surface area contributed by atoms with E-state index in [0.29, 0.717) is 10.9 Å². The van der Waals surface area contributed by atoms with Gasteiger partial charge in [0.25, 0.3) is 5.91 Å². The van der Waals surface area contributed by atoms with Crippen LogP contribution in [0.1, 0.15) is 28.0 Å². The van der Waals surface area contributed by atoms with Gasteiger partial charge in [-0.05, 0) is 18.7 Å². The summed E-state index contributed by atoms with van der Waals surface area (Å²) in [5, 5.41) is 15.2. The fourth-order valence-corrected chi connectivity index (χ4v) is 3.44. The fraction of sp³-hybridized carbons (Fsp3) is 0.167. The summed E-state index contributed by atoms with van der Waals surface area (Å²) in [6.07, 6.45) is 0.795. The van der Waals surface area contributed by atoms with Crippen molar-refractivity contribution in [2.75, 3.05) is 5.32 Å². The molecule has 0 aliphatic carbocycles. The number of benzene rings is 2. The Kier molecular flexibility index (Phi) is 3.54. The maximum absolute atomic E-state index is 12.6. The van der Waals surface area contributed by atoms with Gasteiger partial charge in [0.1, 0.15) is 10.6 Å². The van der Waals surface area contributed by atoms with E-state index in [1.807, 2.05) is 50.2 Å². The van der Waals surface area contributed by atoms with E-state index in [9.17, 15) is 4.79 Å². The highest BCUT2D eigenvalue weighted by molar-refractivity contribution is 7.15.